The van der Waals surface area contributed by atoms with Crippen LogP contribution in [0.5, 0.6) is 0 Å². The second-order valence-electron chi connectivity index (χ2n) is 4.81. The molecule has 2 aliphatic heterocycles. The van der Waals surface area contributed by atoms with Crippen molar-refractivity contribution in [2.75, 3.05) is 13.7 Å². The molecule has 1 saturated heterocycles. The summed E-state index contributed by atoms with van der Waals surface area (Å²) in [6, 6.07) is 0. The number of carbonyl (C=O) groups is 1. The van der Waals surface area contributed by atoms with Gasteiger partial charge in [-0.05, 0) is 32.8 Å². The summed E-state index contributed by atoms with van der Waals surface area (Å²) in [5, 5.41) is 0. The highest BCUT2D eigenvalue weighted by atomic mass is 16.6. The van der Waals surface area contributed by atoms with Gasteiger partial charge in [0.1, 0.15) is 5.60 Å². The maximum Gasteiger partial charge on any atom is 0.373 e. The number of methoxy groups -OCH3 is 1. The van der Waals surface area contributed by atoms with E-state index in [1.807, 2.05) is 13.8 Å². The van der Waals surface area contributed by atoms with Crippen molar-refractivity contribution in [3.05, 3.63) is 11.8 Å². The minimum absolute atomic E-state index is 0.0217. The van der Waals surface area contributed by atoms with Gasteiger partial charge in [0.2, 0.25) is 5.76 Å². The molecular weight excluding hydrogens is 208 g/mol. The maximum absolute atomic E-state index is 11.5. The minimum atomic E-state index is -0.430. The Kier molecular flexibility index (Phi) is 2.93. The first kappa shape index (κ1) is 11.5. The Morgan fingerprint density at radius 3 is 3.00 bits per heavy atom. The van der Waals surface area contributed by atoms with E-state index in [-0.39, 0.29) is 17.5 Å². The fraction of sp³-hybridized carbons (Fsp3) is 0.750. The van der Waals surface area contributed by atoms with Crippen LogP contribution in [0.4, 0.5) is 0 Å². The molecule has 2 heterocycles. The summed E-state index contributed by atoms with van der Waals surface area (Å²) < 4.78 is 16.1. The second kappa shape index (κ2) is 4.09. The number of hydrogen-bond acceptors (Lipinski definition) is 4. The van der Waals surface area contributed by atoms with E-state index in [2.05, 4.69) is 4.74 Å². The summed E-state index contributed by atoms with van der Waals surface area (Å²) in [6.07, 6.45) is 3.85. The molecule has 0 spiro atoms. The molecule has 4 heteroatoms. The molecule has 0 saturated carbocycles. The molecule has 4 nitrogen and oxygen atoms in total. The van der Waals surface area contributed by atoms with Crippen molar-refractivity contribution in [2.24, 2.45) is 5.92 Å². The molecule has 16 heavy (non-hydrogen) atoms. The van der Waals surface area contributed by atoms with Gasteiger partial charge in [0.05, 0.1) is 13.2 Å². The molecule has 0 amide bonds. The van der Waals surface area contributed by atoms with Crippen molar-refractivity contribution < 1.29 is 19.0 Å². The molecule has 0 aromatic carbocycles. The molecule has 0 unspecified atom stereocenters. The maximum atomic E-state index is 11.5. The lowest BCUT2D eigenvalue weighted by atomic mass is 9.79. The molecule has 90 valence electrons. The zero-order valence-electron chi connectivity index (χ0n) is 9.99. The van der Waals surface area contributed by atoms with Gasteiger partial charge < -0.3 is 14.2 Å². The molecule has 0 bridgehead atoms. The van der Waals surface area contributed by atoms with E-state index in [4.69, 9.17) is 9.47 Å². The normalized spacial score (nSPS) is 32.1. The van der Waals surface area contributed by atoms with Crippen molar-refractivity contribution >= 4 is 5.97 Å². The topological polar surface area (TPSA) is 44.8 Å². The van der Waals surface area contributed by atoms with E-state index in [0.29, 0.717) is 5.92 Å². The summed E-state index contributed by atoms with van der Waals surface area (Å²) in [5.74, 6) is 0.158. The lowest BCUT2D eigenvalue weighted by Crippen LogP contribution is -2.48. The van der Waals surface area contributed by atoms with Crippen molar-refractivity contribution in [3.63, 3.8) is 0 Å². The highest BCUT2D eigenvalue weighted by Crippen LogP contribution is 2.39. The third-order valence-corrected chi connectivity index (χ3v) is 3.33. The fourth-order valence-electron chi connectivity index (χ4n) is 2.46. The van der Waals surface area contributed by atoms with Gasteiger partial charge in [0.25, 0.3) is 0 Å². The van der Waals surface area contributed by atoms with Crippen LogP contribution in [0.2, 0.25) is 0 Å². The van der Waals surface area contributed by atoms with Crippen LogP contribution in [0.15, 0.2) is 11.8 Å². The third kappa shape index (κ3) is 1.94. The van der Waals surface area contributed by atoms with Crippen LogP contribution in [-0.4, -0.2) is 31.4 Å². The van der Waals surface area contributed by atoms with Crippen molar-refractivity contribution in [3.8, 4) is 0 Å². The smallest absolute Gasteiger partial charge is 0.373 e. The van der Waals surface area contributed by atoms with Crippen LogP contribution in [0.1, 0.15) is 26.7 Å². The van der Waals surface area contributed by atoms with Crippen LogP contribution < -0.4 is 0 Å². The Morgan fingerprint density at radius 1 is 1.56 bits per heavy atom. The minimum Gasteiger partial charge on any atom is -0.480 e. The van der Waals surface area contributed by atoms with E-state index < -0.39 is 5.97 Å². The second-order valence-corrected chi connectivity index (χ2v) is 4.81. The van der Waals surface area contributed by atoms with Gasteiger partial charge in [-0.2, -0.15) is 0 Å². The van der Waals surface area contributed by atoms with E-state index in [9.17, 15) is 4.79 Å². The Bertz CT molecular complexity index is 319. The van der Waals surface area contributed by atoms with Gasteiger partial charge >= 0.3 is 5.97 Å². The first-order valence-corrected chi connectivity index (χ1v) is 5.65. The Hall–Kier alpha value is -1.03. The first-order chi connectivity index (χ1) is 7.54. The SMILES string of the molecule is COC(=O)C1=C[C@H]2OCCC[C@@H]2C(C)(C)O1. The third-order valence-electron chi connectivity index (χ3n) is 3.33. The zero-order chi connectivity index (χ0) is 11.8. The van der Waals surface area contributed by atoms with Gasteiger partial charge in [0.15, 0.2) is 0 Å². The monoisotopic (exact) mass is 226 g/mol. The predicted molar refractivity (Wildman–Crippen MR) is 57.7 cm³/mol. The standard InChI is InChI=1S/C12H18O4/c1-12(2)8-5-4-6-15-9(8)7-10(16-12)11(13)14-3/h7-9H,4-6H2,1-3H3/t8-,9+/m0/s1. The quantitative estimate of drug-likeness (QED) is 0.638. The number of carbonyl (C=O) groups excluding carboxylic acids is 1. The summed E-state index contributed by atoms with van der Waals surface area (Å²) in [7, 11) is 1.35. The van der Waals surface area contributed by atoms with Gasteiger partial charge in [-0.25, -0.2) is 4.79 Å². The molecular formula is C12H18O4. The molecule has 2 atom stereocenters. The Balaban J connectivity index is 2.25. The van der Waals surface area contributed by atoms with Gasteiger partial charge in [-0.15, -0.1) is 0 Å². The first-order valence-electron chi connectivity index (χ1n) is 5.65. The molecule has 0 aromatic rings. The van der Waals surface area contributed by atoms with E-state index >= 15 is 0 Å². The predicted octanol–water partition coefficient (Wildman–Crippen LogP) is 1.65. The number of hydrogen-bond donors (Lipinski definition) is 0. The van der Waals surface area contributed by atoms with Crippen LogP contribution in [0.3, 0.4) is 0 Å². The highest BCUT2D eigenvalue weighted by molar-refractivity contribution is 5.86. The summed E-state index contributed by atoms with van der Waals surface area (Å²) in [5.41, 5.74) is -0.372. The van der Waals surface area contributed by atoms with Crippen molar-refractivity contribution in [1.82, 2.24) is 0 Å². The molecule has 1 fully saturated rings. The number of esters is 1. The molecule has 0 aromatic heterocycles. The van der Waals surface area contributed by atoms with E-state index in [1.165, 1.54) is 7.11 Å². The lowest BCUT2D eigenvalue weighted by Gasteiger charge is -2.44. The van der Waals surface area contributed by atoms with E-state index in [0.717, 1.165) is 19.4 Å². The Labute approximate surface area is 95.6 Å². The molecule has 2 aliphatic rings. The zero-order valence-corrected chi connectivity index (χ0v) is 9.99. The molecule has 2 rings (SSSR count). The summed E-state index contributed by atoms with van der Waals surface area (Å²) >= 11 is 0. The average molecular weight is 226 g/mol. The van der Waals surface area contributed by atoms with Crippen molar-refractivity contribution in [1.29, 1.82) is 0 Å². The van der Waals surface area contributed by atoms with Crippen LogP contribution in [0, 0.1) is 5.92 Å². The lowest BCUT2D eigenvalue weighted by molar-refractivity contribution is -0.155. The number of rotatable bonds is 1. The average Bonchev–Trinajstić information content (AvgIpc) is 2.27. The molecule has 0 N–H and O–H groups in total. The van der Waals surface area contributed by atoms with Gasteiger partial charge in [0, 0.05) is 12.5 Å². The largest absolute Gasteiger partial charge is 0.480 e. The van der Waals surface area contributed by atoms with Crippen LogP contribution in [0.25, 0.3) is 0 Å². The van der Waals surface area contributed by atoms with Gasteiger partial charge in [-0.3, -0.25) is 0 Å². The fourth-order valence-corrected chi connectivity index (χ4v) is 2.46. The highest BCUT2D eigenvalue weighted by Gasteiger charge is 2.44. The Morgan fingerprint density at radius 2 is 2.31 bits per heavy atom. The summed E-state index contributed by atoms with van der Waals surface area (Å²) in [4.78, 5) is 11.5. The van der Waals surface area contributed by atoms with E-state index in [1.54, 1.807) is 6.08 Å². The van der Waals surface area contributed by atoms with Crippen LogP contribution >= 0.6 is 0 Å². The molecule has 0 aliphatic carbocycles. The van der Waals surface area contributed by atoms with Crippen LogP contribution in [-0.2, 0) is 19.0 Å². The number of ether oxygens (including phenoxy) is 3. The van der Waals surface area contributed by atoms with Gasteiger partial charge in [-0.1, -0.05) is 0 Å². The summed E-state index contributed by atoms with van der Waals surface area (Å²) in [6.45, 7) is 4.74. The van der Waals surface area contributed by atoms with Crippen molar-refractivity contribution in [2.45, 2.75) is 38.4 Å². The number of fused-ring (bicyclic) bond motifs is 1. The molecule has 0 radical (unpaired) electrons.